The zero-order chi connectivity index (χ0) is 33.0. The summed E-state index contributed by atoms with van der Waals surface area (Å²) < 4.78 is 4.51. The van der Waals surface area contributed by atoms with Crippen molar-refractivity contribution >= 4 is 43.6 Å². The van der Waals surface area contributed by atoms with Gasteiger partial charge in [-0.3, -0.25) is 9.13 Å². The molecule has 10 rings (SSSR count). The third kappa shape index (κ3) is 4.43. The van der Waals surface area contributed by atoms with Crippen molar-refractivity contribution in [3.05, 3.63) is 170 Å². The molecule has 50 heavy (non-hydrogen) atoms. The van der Waals surface area contributed by atoms with E-state index in [-0.39, 0.29) is 0 Å². The summed E-state index contributed by atoms with van der Waals surface area (Å²) in [6, 6.07) is 58.4. The van der Waals surface area contributed by atoms with Crippen LogP contribution in [0.15, 0.2) is 170 Å². The average Bonchev–Trinajstić information content (AvgIpc) is 3.72. The molecule has 6 nitrogen and oxygen atoms in total. The Hall–Kier alpha value is -6.92. The number of nitrogens with zero attached hydrogens (tertiary/aromatic N) is 6. The van der Waals surface area contributed by atoms with Crippen molar-refractivity contribution in [1.29, 1.82) is 0 Å². The Morgan fingerprint density at radius 2 is 0.800 bits per heavy atom. The molecule has 0 N–H and O–H groups in total. The fraction of sp³-hybridized carbons (Fsp3) is 0. The van der Waals surface area contributed by atoms with E-state index in [4.69, 9.17) is 19.9 Å². The van der Waals surface area contributed by atoms with E-state index in [0.717, 1.165) is 71.8 Å². The molecule has 0 saturated heterocycles. The number of benzene rings is 6. The Bertz CT molecular complexity index is 2800. The zero-order valence-corrected chi connectivity index (χ0v) is 26.8. The van der Waals surface area contributed by atoms with Crippen molar-refractivity contribution in [3.8, 4) is 45.8 Å². The number of rotatable bonds is 5. The van der Waals surface area contributed by atoms with Gasteiger partial charge in [-0.05, 0) is 24.3 Å². The zero-order valence-electron chi connectivity index (χ0n) is 26.8. The number of aromatic nitrogens is 6. The van der Waals surface area contributed by atoms with E-state index in [1.165, 1.54) is 0 Å². The van der Waals surface area contributed by atoms with Crippen molar-refractivity contribution in [1.82, 2.24) is 29.1 Å². The Labute approximate surface area is 287 Å². The van der Waals surface area contributed by atoms with Gasteiger partial charge in [0.1, 0.15) is 5.82 Å². The maximum Gasteiger partial charge on any atom is 0.238 e. The fourth-order valence-electron chi connectivity index (χ4n) is 7.16. The van der Waals surface area contributed by atoms with E-state index in [0.29, 0.717) is 17.6 Å². The van der Waals surface area contributed by atoms with Crippen molar-refractivity contribution in [2.75, 3.05) is 0 Å². The molecule has 0 aliphatic rings. The monoisotopic (exact) mass is 640 g/mol. The summed E-state index contributed by atoms with van der Waals surface area (Å²) >= 11 is 0. The van der Waals surface area contributed by atoms with Crippen molar-refractivity contribution in [2.45, 2.75) is 0 Å². The first-order valence-electron chi connectivity index (χ1n) is 16.7. The molecular formula is C44H28N6. The summed E-state index contributed by atoms with van der Waals surface area (Å²) in [4.78, 5) is 20.7. The quantitative estimate of drug-likeness (QED) is 0.188. The van der Waals surface area contributed by atoms with Gasteiger partial charge in [-0.2, -0.15) is 9.97 Å². The Morgan fingerprint density at radius 3 is 1.38 bits per heavy atom. The van der Waals surface area contributed by atoms with Crippen LogP contribution in [0, 0.1) is 0 Å². The number of hydrogen-bond donors (Lipinski definition) is 0. The van der Waals surface area contributed by atoms with Crippen LogP contribution in [0.3, 0.4) is 0 Å². The molecule has 0 atom stereocenters. The highest BCUT2D eigenvalue weighted by molar-refractivity contribution is 6.23. The standard InChI is InChI=1S/C44H28N6/c1-4-15-29(16-5-1)36-23-14-26-39(45-36)49-37-24-12-10-21-32(37)34-27-28-35-33-22-11-13-25-38(33)50(41(35)40(34)49)44-47-42(30-17-6-2-7-18-30)46-43(48-44)31-19-8-3-9-20-31/h1-28H. The predicted molar refractivity (Wildman–Crippen MR) is 203 cm³/mol. The molecule has 0 radical (unpaired) electrons. The number of para-hydroxylation sites is 2. The molecule has 0 aliphatic heterocycles. The van der Waals surface area contributed by atoms with Gasteiger partial charge in [0.25, 0.3) is 0 Å². The Kier molecular flexibility index (Phi) is 6.39. The molecule has 4 heterocycles. The maximum absolute atomic E-state index is 5.27. The van der Waals surface area contributed by atoms with Crippen LogP contribution >= 0.6 is 0 Å². The lowest BCUT2D eigenvalue weighted by molar-refractivity contribution is 0.952. The second-order valence-corrected chi connectivity index (χ2v) is 12.3. The van der Waals surface area contributed by atoms with Crippen LogP contribution in [-0.2, 0) is 0 Å². The molecule has 0 aliphatic carbocycles. The maximum atomic E-state index is 5.27. The number of pyridine rings is 1. The minimum atomic E-state index is 0.555. The molecule has 6 aromatic carbocycles. The topological polar surface area (TPSA) is 61.4 Å². The number of hydrogen-bond acceptors (Lipinski definition) is 4. The highest BCUT2D eigenvalue weighted by Gasteiger charge is 2.23. The lowest BCUT2D eigenvalue weighted by Crippen LogP contribution is -2.07. The number of fused-ring (bicyclic) bond motifs is 7. The van der Waals surface area contributed by atoms with E-state index in [9.17, 15) is 0 Å². The summed E-state index contributed by atoms with van der Waals surface area (Å²) in [6.45, 7) is 0. The van der Waals surface area contributed by atoms with E-state index >= 15 is 0 Å². The van der Waals surface area contributed by atoms with Gasteiger partial charge < -0.3 is 0 Å². The third-order valence-corrected chi connectivity index (χ3v) is 9.39. The molecule has 0 spiro atoms. The fourth-order valence-corrected chi connectivity index (χ4v) is 7.16. The lowest BCUT2D eigenvalue weighted by atomic mass is 10.1. The summed E-state index contributed by atoms with van der Waals surface area (Å²) in [5, 5.41) is 4.51. The van der Waals surface area contributed by atoms with Gasteiger partial charge in [-0.15, -0.1) is 0 Å². The van der Waals surface area contributed by atoms with Crippen LogP contribution in [-0.4, -0.2) is 29.1 Å². The molecular weight excluding hydrogens is 613 g/mol. The van der Waals surface area contributed by atoms with Crippen LogP contribution in [0.4, 0.5) is 0 Å². The normalized spacial score (nSPS) is 11.6. The van der Waals surface area contributed by atoms with Crippen LogP contribution in [0.1, 0.15) is 0 Å². The molecule has 0 saturated carbocycles. The molecule has 6 heteroatoms. The Morgan fingerprint density at radius 1 is 0.320 bits per heavy atom. The van der Waals surface area contributed by atoms with Gasteiger partial charge in [0.2, 0.25) is 5.95 Å². The first kappa shape index (κ1) is 28.1. The summed E-state index contributed by atoms with van der Waals surface area (Å²) in [5.74, 6) is 2.63. The third-order valence-electron chi connectivity index (χ3n) is 9.39. The summed E-state index contributed by atoms with van der Waals surface area (Å²) in [6.07, 6.45) is 0. The van der Waals surface area contributed by atoms with Gasteiger partial charge in [-0.25, -0.2) is 9.97 Å². The highest BCUT2D eigenvalue weighted by Crippen LogP contribution is 2.41. The largest absolute Gasteiger partial charge is 0.292 e. The van der Waals surface area contributed by atoms with Crippen molar-refractivity contribution in [3.63, 3.8) is 0 Å². The minimum Gasteiger partial charge on any atom is -0.292 e. The van der Waals surface area contributed by atoms with Crippen LogP contribution < -0.4 is 0 Å². The second-order valence-electron chi connectivity index (χ2n) is 12.3. The van der Waals surface area contributed by atoms with Gasteiger partial charge in [0, 0.05) is 38.2 Å². The summed E-state index contributed by atoms with van der Waals surface area (Å²) in [5.41, 5.74) is 7.99. The van der Waals surface area contributed by atoms with E-state index < -0.39 is 0 Å². The van der Waals surface area contributed by atoms with E-state index in [1.54, 1.807) is 0 Å². The van der Waals surface area contributed by atoms with Crippen molar-refractivity contribution < 1.29 is 0 Å². The average molecular weight is 641 g/mol. The predicted octanol–water partition coefficient (Wildman–Crippen LogP) is 10.5. The van der Waals surface area contributed by atoms with E-state index in [2.05, 4.69) is 100 Å². The molecule has 4 aromatic heterocycles. The van der Waals surface area contributed by atoms with Gasteiger partial charge in [-0.1, -0.05) is 146 Å². The first-order valence-corrected chi connectivity index (χ1v) is 16.7. The smallest absolute Gasteiger partial charge is 0.238 e. The van der Waals surface area contributed by atoms with Crippen LogP contribution in [0.5, 0.6) is 0 Å². The van der Waals surface area contributed by atoms with Crippen LogP contribution in [0.25, 0.3) is 89.4 Å². The lowest BCUT2D eigenvalue weighted by Gasteiger charge is -2.13. The first-order chi connectivity index (χ1) is 24.8. The molecule has 0 bridgehead atoms. The minimum absolute atomic E-state index is 0.555. The van der Waals surface area contributed by atoms with E-state index in [1.807, 2.05) is 78.9 Å². The van der Waals surface area contributed by atoms with Crippen molar-refractivity contribution in [2.24, 2.45) is 0 Å². The van der Waals surface area contributed by atoms with Gasteiger partial charge in [0.15, 0.2) is 11.6 Å². The second kappa shape index (κ2) is 11.4. The molecule has 0 unspecified atom stereocenters. The molecule has 10 aromatic rings. The van der Waals surface area contributed by atoms with Gasteiger partial charge in [0.05, 0.1) is 27.8 Å². The SMILES string of the molecule is c1ccc(-c2cccc(-n3c4ccccc4c4ccc5c6ccccc6n(-c6nc(-c7ccccc7)nc(-c7ccccc7)n6)c5c43)n2)cc1. The molecule has 234 valence electrons. The summed E-state index contributed by atoms with van der Waals surface area (Å²) in [7, 11) is 0. The Balaban J connectivity index is 1.35. The molecule has 0 fully saturated rings. The highest BCUT2D eigenvalue weighted by atomic mass is 15.2. The molecule has 0 amide bonds. The van der Waals surface area contributed by atoms with Gasteiger partial charge >= 0.3 is 0 Å². The van der Waals surface area contributed by atoms with Crippen LogP contribution in [0.2, 0.25) is 0 Å².